The maximum atomic E-state index is 6.19. The molecule has 1 unspecified atom stereocenters. The van der Waals surface area contributed by atoms with Crippen LogP contribution in [0, 0.1) is 11.3 Å². The van der Waals surface area contributed by atoms with Gasteiger partial charge in [-0.05, 0) is 63.3 Å². The lowest BCUT2D eigenvalue weighted by molar-refractivity contribution is 0.0168. The van der Waals surface area contributed by atoms with E-state index in [1.807, 2.05) is 0 Å². The zero-order chi connectivity index (χ0) is 13.4. The van der Waals surface area contributed by atoms with E-state index in [-0.39, 0.29) is 0 Å². The van der Waals surface area contributed by atoms with E-state index in [0.717, 1.165) is 18.5 Å². The van der Waals surface area contributed by atoms with Gasteiger partial charge in [0.1, 0.15) is 0 Å². The normalized spacial score (nSPS) is 39.2. The van der Waals surface area contributed by atoms with Gasteiger partial charge in [0.2, 0.25) is 0 Å². The molecule has 0 bridgehead atoms. The molecule has 1 saturated carbocycles. The predicted molar refractivity (Wildman–Crippen MR) is 78.6 cm³/mol. The fraction of sp³-hybridized carbons (Fsp3) is 1.00. The Morgan fingerprint density at radius 2 is 1.78 bits per heavy atom. The van der Waals surface area contributed by atoms with E-state index in [0.29, 0.717) is 11.0 Å². The molecular formula is C16H32N2. The van der Waals surface area contributed by atoms with Crippen LogP contribution in [0.2, 0.25) is 0 Å². The summed E-state index contributed by atoms with van der Waals surface area (Å²) in [6.07, 6.45) is 8.09. The predicted octanol–water partition coefficient (Wildman–Crippen LogP) is 3.40. The number of likely N-dealkylation sites (tertiary alicyclic amines) is 1. The quantitative estimate of drug-likeness (QED) is 0.816. The first-order chi connectivity index (χ1) is 8.39. The molecule has 106 valence electrons. The summed E-state index contributed by atoms with van der Waals surface area (Å²) >= 11 is 0. The smallest absolute Gasteiger partial charge is 0.0334 e. The van der Waals surface area contributed by atoms with Gasteiger partial charge in [0.15, 0.2) is 0 Å². The van der Waals surface area contributed by atoms with Crippen molar-refractivity contribution < 1.29 is 0 Å². The number of rotatable bonds is 2. The van der Waals surface area contributed by atoms with Crippen LogP contribution in [-0.4, -0.2) is 29.6 Å². The minimum Gasteiger partial charge on any atom is -0.329 e. The van der Waals surface area contributed by atoms with Crippen molar-refractivity contribution >= 4 is 0 Å². The highest BCUT2D eigenvalue weighted by Crippen LogP contribution is 2.45. The Balaban J connectivity index is 2.04. The van der Waals surface area contributed by atoms with Crippen LogP contribution in [0.1, 0.15) is 66.2 Å². The molecule has 2 nitrogen and oxygen atoms in total. The molecule has 2 heteroatoms. The first-order valence-corrected chi connectivity index (χ1v) is 7.86. The molecular weight excluding hydrogens is 220 g/mol. The van der Waals surface area contributed by atoms with Crippen LogP contribution in [0.5, 0.6) is 0 Å². The molecule has 2 fully saturated rings. The lowest BCUT2D eigenvalue weighted by Crippen LogP contribution is -2.57. The van der Waals surface area contributed by atoms with Crippen molar-refractivity contribution in [3.8, 4) is 0 Å². The van der Waals surface area contributed by atoms with Gasteiger partial charge in [-0.2, -0.15) is 0 Å². The zero-order valence-corrected chi connectivity index (χ0v) is 12.8. The maximum absolute atomic E-state index is 6.19. The van der Waals surface area contributed by atoms with Crippen LogP contribution in [0.3, 0.4) is 0 Å². The fourth-order valence-corrected chi connectivity index (χ4v) is 4.27. The molecule has 1 heterocycles. The van der Waals surface area contributed by atoms with Gasteiger partial charge in [0, 0.05) is 18.1 Å². The largest absolute Gasteiger partial charge is 0.329 e. The van der Waals surface area contributed by atoms with Crippen LogP contribution >= 0.6 is 0 Å². The van der Waals surface area contributed by atoms with Gasteiger partial charge in [-0.15, -0.1) is 0 Å². The number of hydrogen-bond acceptors (Lipinski definition) is 2. The molecule has 0 amide bonds. The minimum absolute atomic E-state index is 0.331. The van der Waals surface area contributed by atoms with Gasteiger partial charge in [-0.25, -0.2) is 0 Å². The minimum atomic E-state index is 0.331. The van der Waals surface area contributed by atoms with Gasteiger partial charge in [-0.1, -0.05) is 20.8 Å². The highest BCUT2D eigenvalue weighted by atomic mass is 15.2. The van der Waals surface area contributed by atoms with E-state index < -0.39 is 0 Å². The highest BCUT2D eigenvalue weighted by molar-refractivity contribution is 5.00. The van der Waals surface area contributed by atoms with E-state index >= 15 is 0 Å². The van der Waals surface area contributed by atoms with Crippen molar-refractivity contribution in [1.29, 1.82) is 0 Å². The van der Waals surface area contributed by atoms with Crippen LogP contribution in [0.25, 0.3) is 0 Å². The average molecular weight is 252 g/mol. The number of hydrogen-bond donors (Lipinski definition) is 1. The van der Waals surface area contributed by atoms with Crippen molar-refractivity contribution in [2.45, 2.75) is 77.8 Å². The second kappa shape index (κ2) is 5.13. The fourth-order valence-electron chi connectivity index (χ4n) is 4.27. The van der Waals surface area contributed by atoms with Crippen molar-refractivity contribution in [2.75, 3.05) is 13.1 Å². The Kier molecular flexibility index (Phi) is 4.08. The van der Waals surface area contributed by atoms with Crippen molar-refractivity contribution in [3.05, 3.63) is 0 Å². The Bertz CT molecular complexity index is 271. The van der Waals surface area contributed by atoms with Gasteiger partial charge in [0.25, 0.3) is 0 Å². The Morgan fingerprint density at radius 3 is 2.17 bits per heavy atom. The molecule has 0 aromatic carbocycles. The van der Waals surface area contributed by atoms with Crippen LogP contribution in [0.15, 0.2) is 0 Å². The Morgan fingerprint density at radius 1 is 1.17 bits per heavy atom. The topological polar surface area (TPSA) is 29.3 Å². The molecule has 0 spiro atoms. The van der Waals surface area contributed by atoms with E-state index in [9.17, 15) is 0 Å². The van der Waals surface area contributed by atoms with Crippen LogP contribution < -0.4 is 5.73 Å². The van der Waals surface area contributed by atoms with Crippen LogP contribution in [-0.2, 0) is 0 Å². The summed E-state index contributed by atoms with van der Waals surface area (Å²) in [5.41, 5.74) is 6.99. The number of nitrogens with two attached hydrogens (primary N) is 1. The van der Waals surface area contributed by atoms with Gasteiger partial charge >= 0.3 is 0 Å². The lowest BCUT2D eigenvalue weighted by atomic mass is 9.66. The second-order valence-corrected chi connectivity index (χ2v) is 7.75. The first kappa shape index (κ1) is 14.3. The molecule has 2 N–H and O–H groups in total. The van der Waals surface area contributed by atoms with Gasteiger partial charge < -0.3 is 5.73 Å². The molecule has 1 aliphatic heterocycles. The van der Waals surface area contributed by atoms with Gasteiger partial charge in [-0.3, -0.25) is 4.90 Å². The summed E-state index contributed by atoms with van der Waals surface area (Å²) in [6, 6.07) is 0.750. The van der Waals surface area contributed by atoms with Gasteiger partial charge in [0.05, 0.1) is 0 Å². The maximum Gasteiger partial charge on any atom is 0.0334 e. The number of nitrogens with zero attached hydrogens (tertiary/aromatic N) is 1. The summed E-state index contributed by atoms with van der Waals surface area (Å²) in [4.78, 5) is 2.74. The third kappa shape index (κ3) is 2.60. The molecule has 0 radical (unpaired) electrons. The van der Waals surface area contributed by atoms with E-state index in [1.165, 1.54) is 45.1 Å². The van der Waals surface area contributed by atoms with E-state index in [1.54, 1.807) is 0 Å². The molecule has 1 atom stereocenters. The first-order valence-electron chi connectivity index (χ1n) is 7.86. The molecule has 1 aliphatic carbocycles. The van der Waals surface area contributed by atoms with Crippen LogP contribution in [0.4, 0.5) is 0 Å². The molecule has 2 rings (SSSR count). The molecule has 0 aromatic rings. The molecule has 1 saturated heterocycles. The van der Waals surface area contributed by atoms with Crippen molar-refractivity contribution in [1.82, 2.24) is 4.90 Å². The third-order valence-electron chi connectivity index (χ3n) is 5.68. The monoisotopic (exact) mass is 252 g/mol. The SMILES string of the molecule is CC1CCCN1C1(CN)CCC(C(C)(C)C)CC1. The summed E-state index contributed by atoms with van der Waals surface area (Å²) in [6.45, 7) is 11.7. The zero-order valence-electron chi connectivity index (χ0n) is 12.8. The van der Waals surface area contributed by atoms with E-state index in [2.05, 4.69) is 32.6 Å². The van der Waals surface area contributed by atoms with Crippen molar-refractivity contribution in [2.24, 2.45) is 17.1 Å². The van der Waals surface area contributed by atoms with Crippen molar-refractivity contribution in [3.63, 3.8) is 0 Å². The average Bonchev–Trinajstić information content (AvgIpc) is 2.75. The standard InChI is InChI=1S/C16H32N2/c1-13-6-5-11-18(13)16(12-17)9-7-14(8-10-16)15(2,3)4/h13-14H,5-12,17H2,1-4H3. The molecule has 18 heavy (non-hydrogen) atoms. The summed E-state index contributed by atoms with van der Waals surface area (Å²) in [5.74, 6) is 0.884. The lowest BCUT2D eigenvalue weighted by Gasteiger charge is -2.50. The summed E-state index contributed by atoms with van der Waals surface area (Å²) in [5, 5.41) is 0. The molecule has 2 aliphatic rings. The highest BCUT2D eigenvalue weighted by Gasteiger charge is 2.44. The third-order valence-corrected chi connectivity index (χ3v) is 5.68. The van der Waals surface area contributed by atoms with E-state index in [4.69, 9.17) is 5.73 Å². The second-order valence-electron chi connectivity index (χ2n) is 7.75. The summed E-state index contributed by atoms with van der Waals surface area (Å²) < 4.78 is 0. The Hall–Kier alpha value is -0.0800. The Labute approximate surface area is 113 Å². The summed E-state index contributed by atoms with van der Waals surface area (Å²) in [7, 11) is 0. The molecule has 0 aromatic heterocycles.